The van der Waals surface area contributed by atoms with Gasteiger partial charge in [0.15, 0.2) is 5.88 Å². The Balaban J connectivity index is 1.19. The molecule has 7 atom stereocenters. The lowest BCUT2D eigenvalue weighted by Gasteiger charge is -2.55. The van der Waals surface area contributed by atoms with Gasteiger partial charge in [0.2, 0.25) is 0 Å². The number of nitrogens with zero attached hydrogens (tertiary/aromatic N) is 2. The molecule has 2 fully saturated rings. The summed E-state index contributed by atoms with van der Waals surface area (Å²) < 4.78 is 54.2. The van der Waals surface area contributed by atoms with Crippen LogP contribution in [0.5, 0.6) is 0 Å². The monoisotopic (exact) mass is 952 g/mol. The van der Waals surface area contributed by atoms with Crippen LogP contribution in [-0.2, 0) is 17.3 Å². The third kappa shape index (κ3) is 7.21. The summed E-state index contributed by atoms with van der Waals surface area (Å²) in [4.78, 5) is 5.32. The van der Waals surface area contributed by atoms with Gasteiger partial charge in [0.1, 0.15) is 5.76 Å². The molecular formula is C67H87BN2O. The molecular weight excluding hydrogens is 860 g/mol. The predicted molar refractivity (Wildman–Crippen MR) is 301 cm³/mol. The van der Waals surface area contributed by atoms with Gasteiger partial charge >= 0.3 is 0 Å². The second-order valence-electron chi connectivity index (χ2n) is 29.2. The molecule has 8 aliphatic carbocycles. The van der Waals surface area contributed by atoms with Gasteiger partial charge in [-0.1, -0.05) is 165 Å². The Bertz CT molecular complexity index is 3200. The number of allylic oxidation sites excluding steroid dienone is 12. The number of anilines is 2. The summed E-state index contributed by atoms with van der Waals surface area (Å²) >= 11 is 0. The van der Waals surface area contributed by atoms with Crippen molar-refractivity contribution in [2.24, 2.45) is 44.8 Å². The molecule has 3 nitrogen and oxygen atoms in total. The molecule has 10 aliphatic rings. The van der Waals surface area contributed by atoms with E-state index in [0.29, 0.717) is 17.9 Å². The third-order valence-corrected chi connectivity index (χ3v) is 20.8. The molecule has 71 heavy (non-hydrogen) atoms. The van der Waals surface area contributed by atoms with Gasteiger partial charge in [-0.05, 0) is 206 Å². The van der Waals surface area contributed by atoms with E-state index in [4.69, 9.17) is 7.16 Å². The van der Waals surface area contributed by atoms with Crippen molar-refractivity contribution in [3.8, 4) is 0 Å². The zero-order valence-electron chi connectivity index (χ0n) is 51.5. The Hall–Kier alpha value is -4.18. The highest BCUT2D eigenvalue weighted by molar-refractivity contribution is 6.89. The normalized spacial score (nSPS) is 34.6. The van der Waals surface area contributed by atoms with Gasteiger partial charge in [0.05, 0.1) is 16.2 Å². The number of fused-ring (bicyclic) bond motifs is 8. The molecule has 0 radical (unpaired) electrons. The van der Waals surface area contributed by atoms with E-state index in [2.05, 4.69) is 175 Å². The fourth-order valence-electron chi connectivity index (χ4n) is 15.6. The van der Waals surface area contributed by atoms with Crippen LogP contribution in [0.1, 0.15) is 204 Å². The molecule has 2 saturated carbocycles. The predicted octanol–water partition coefficient (Wildman–Crippen LogP) is 17.1. The molecule has 0 saturated heterocycles. The van der Waals surface area contributed by atoms with Gasteiger partial charge in [-0.15, -0.1) is 0 Å². The van der Waals surface area contributed by atoms with Crippen LogP contribution in [-0.4, -0.2) is 23.7 Å². The SMILES string of the molecule is [2H]C1=C([2H])C([2H])C([2H])C(C2=CC3=C4B(C5=C(CC(C(C)(C)C)C=C5)N3C3C=C5C(=CC3C)C(C)(C)CCC5(C)C)c3c(oc5c3CC3C(=C5)C(C)(C)CCC3(C)C)N(c3ccc5c(c3)C(C)(C)CCC5(C)C)C4C2)=C1[2H]. The summed E-state index contributed by atoms with van der Waals surface area (Å²) in [5, 5.41) is 0. The van der Waals surface area contributed by atoms with Crippen LogP contribution >= 0.6 is 0 Å². The lowest BCUT2D eigenvalue weighted by atomic mass is 9.30. The molecule has 0 N–H and O–H groups in total. The molecule has 12 rings (SSSR count). The number of furan rings is 1. The first kappa shape index (κ1) is 42.2. The van der Waals surface area contributed by atoms with Gasteiger partial charge in [-0.25, -0.2) is 0 Å². The molecule has 1 aromatic heterocycles. The van der Waals surface area contributed by atoms with E-state index in [-0.39, 0.29) is 86.7 Å². The van der Waals surface area contributed by atoms with Crippen LogP contribution in [0.2, 0.25) is 0 Å². The second-order valence-corrected chi connectivity index (χ2v) is 29.2. The summed E-state index contributed by atoms with van der Waals surface area (Å²) in [5.74, 6) is 2.75. The minimum absolute atomic E-state index is 0.00193. The first-order valence-corrected chi connectivity index (χ1v) is 27.9. The molecule has 4 heteroatoms. The second kappa shape index (κ2) is 15.4. The van der Waals surface area contributed by atoms with Crippen molar-refractivity contribution in [1.82, 2.24) is 4.90 Å². The maximum Gasteiger partial charge on any atom is 0.251 e. The Morgan fingerprint density at radius 1 is 0.746 bits per heavy atom. The fraction of sp³-hybridized carbons (Fsp3) is 0.582. The van der Waals surface area contributed by atoms with E-state index in [0.717, 1.165) is 73.5 Å². The number of rotatable bonds is 3. The number of hydrogen-bond donors (Lipinski definition) is 0. The summed E-state index contributed by atoms with van der Waals surface area (Å²) in [7, 11) is 0. The number of benzene rings is 1. The average Bonchev–Trinajstić information content (AvgIpc) is 3.85. The van der Waals surface area contributed by atoms with Crippen LogP contribution in [0.4, 0.5) is 11.6 Å². The average molecular weight is 952 g/mol. The molecule has 0 amide bonds. The molecule has 2 aliphatic heterocycles. The maximum absolute atomic E-state index is 9.73. The zero-order chi connectivity index (χ0) is 54.7. The fourth-order valence-corrected chi connectivity index (χ4v) is 15.6. The lowest BCUT2D eigenvalue weighted by Crippen LogP contribution is -2.59. The van der Waals surface area contributed by atoms with Crippen LogP contribution in [0.25, 0.3) is 6.08 Å². The summed E-state index contributed by atoms with van der Waals surface area (Å²) in [5.41, 5.74) is 17.7. The van der Waals surface area contributed by atoms with E-state index in [1.165, 1.54) is 61.9 Å². The van der Waals surface area contributed by atoms with Crippen molar-refractivity contribution in [2.75, 3.05) is 4.90 Å². The largest absolute Gasteiger partial charge is 0.441 e. The highest BCUT2D eigenvalue weighted by atomic mass is 16.4. The molecule has 1 aromatic carbocycles. The molecule has 0 spiro atoms. The quantitative estimate of drug-likeness (QED) is 0.286. The summed E-state index contributed by atoms with van der Waals surface area (Å²) in [6.07, 6.45) is 21.9. The smallest absolute Gasteiger partial charge is 0.251 e. The van der Waals surface area contributed by atoms with E-state index in [1.807, 2.05) is 0 Å². The van der Waals surface area contributed by atoms with Crippen LogP contribution in [0.15, 0.2) is 121 Å². The van der Waals surface area contributed by atoms with Crippen molar-refractivity contribution in [1.29, 1.82) is 0 Å². The first-order chi connectivity index (χ1) is 35.3. The van der Waals surface area contributed by atoms with Crippen molar-refractivity contribution >= 4 is 29.8 Å². The Kier molecular flexibility index (Phi) is 9.18. The van der Waals surface area contributed by atoms with E-state index in [9.17, 15) is 4.11 Å². The maximum atomic E-state index is 9.73. The molecule has 3 heterocycles. The van der Waals surface area contributed by atoms with Gasteiger partial charge < -0.3 is 14.2 Å². The van der Waals surface area contributed by atoms with Gasteiger partial charge in [0, 0.05) is 19.8 Å². The highest BCUT2D eigenvalue weighted by Gasteiger charge is 2.56. The zero-order valence-corrected chi connectivity index (χ0v) is 46.5. The first-order valence-electron chi connectivity index (χ1n) is 30.6. The van der Waals surface area contributed by atoms with Crippen LogP contribution < -0.4 is 10.4 Å². The molecule has 2 aromatic rings. The summed E-state index contributed by atoms with van der Waals surface area (Å²) in [6, 6.07) is 6.42. The third-order valence-electron chi connectivity index (χ3n) is 20.8. The van der Waals surface area contributed by atoms with Crippen molar-refractivity contribution < 1.29 is 11.3 Å². The van der Waals surface area contributed by atoms with Crippen molar-refractivity contribution in [3.05, 3.63) is 139 Å². The Morgan fingerprint density at radius 2 is 1.42 bits per heavy atom. The van der Waals surface area contributed by atoms with Gasteiger partial charge in [-0.3, -0.25) is 0 Å². The van der Waals surface area contributed by atoms with Crippen molar-refractivity contribution in [2.45, 2.75) is 204 Å². The van der Waals surface area contributed by atoms with E-state index >= 15 is 0 Å². The molecule has 374 valence electrons. The lowest BCUT2D eigenvalue weighted by molar-refractivity contribution is 0.123. The van der Waals surface area contributed by atoms with Gasteiger partial charge in [-0.2, -0.15) is 0 Å². The minimum Gasteiger partial charge on any atom is -0.441 e. The standard InChI is InChI=1S/C67H87BN2O/c1-40-32-47-50(66(13,14)30-28-63(47,7)8)38-53(40)70-54-35-43(61(2,3)4)22-25-52(54)68-58-45-37-49-51(67(15,16)31-29-65(49,11)12)39-57(45)71-60(58)69(44-23-24-46-48(36-44)64(9,10)27-26-62(46,5)6)55-33-42(34-56(70)59(55)68)41-20-18-17-19-21-41/h17-18,20,22-25,32,34,36,38-40,43,49,53,55H,19,21,26-31,33,35,37H2,1-16H3/i17D,18D,19D,20D,21D. The van der Waals surface area contributed by atoms with E-state index < -0.39 is 12.8 Å². The van der Waals surface area contributed by atoms with Crippen molar-refractivity contribution in [3.63, 3.8) is 0 Å². The van der Waals surface area contributed by atoms with Gasteiger partial charge in [0.25, 0.3) is 6.71 Å². The summed E-state index contributed by atoms with van der Waals surface area (Å²) in [6.45, 7) is 38.8. The minimum atomic E-state index is -1.25. The number of hydrogen-bond acceptors (Lipinski definition) is 3. The Morgan fingerprint density at radius 3 is 2.14 bits per heavy atom. The topological polar surface area (TPSA) is 19.6 Å². The highest BCUT2D eigenvalue weighted by Crippen LogP contribution is 2.60. The van der Waals surface area contributed by atoms with Crippen LogP contribution in [0, 0.1) is 44.8 Å². The van der Waals surface area contributed by atoms with Crippen LogP contribution in [0.3, 0.4) is 0 Å². The molecule has 7 unspecified atom stereocenters. The Labute approximate surface area is 437 Å². The molecule has 0 bridgehead atoms. The van der Waals surface area contributed by atoms with E-state index in [1.54, 1.807) is 0 Å².